The molecule has 0 aromatic heterocycles. The molecule has 0 heterocycles. The minimum atomic E-state index is -4.66. The lowest BCUT2D eigenvalue weighted by atomic mass is 9.85. The number of rotatable bonds is 7. The van der Waals surface area contributed by atoms with Gasteiger partial charge in [0.1, 0.15) is 6.04 Å². The highest BCUT2D eigenvalue weighted by Gasteiger charge is 2.36. The van der Waals surface area contributed by atoms with Crippen LogP contribution in [0, 0.1) is 5.92 Å². The molecule has 7 heteroatoms. The molecule has 1 rings (SSSR count). The topological polar surface area (TPSA) is 66.4 Å². The molecule has 1 aromatic carbocycles. The van der Waals surface area contributed by atoms with Crippen molar-refractivity contribution in [2.24, 2.45) is 5.92 Å². The second kappa shape index (κ2) is 7.99. The fourth-order valence-electron chi connectivity index (χ4n) is 2.32. The third-order valence-electron chi connectivity index (χ3n) is 3.51. The van der Waals surface area contributed by atoms with Crippen LogP contribution in [-0.4, -0.2) is 29.2 Å². The number of hydrogen-bond acceptors (Lipinski definition) is 2. The van der Waals surface area contributed by atoms with E-state index in [1.807, 2.05) is 49.5 Å². The third-order valence-corrected chi connectivity index (χ3v) is 3.51. The first-order valence-corrected chi connectivity index (χ1v) is 7.24. The van der Waals surface area contributed by atoms with Gasteiger partial charge in [0.15, 0.2) is 0 Å². The Hall–Kier alpha value is -2.05. The molecule has 0 aliphatic carbocycles. The first-order chi connectivity index (χ1) is 10.6. The summed E-state index contributed by atoms with van der Waals surface area (Å²) in [6.07, 6.45) is -6.32. The average molecular weight is 331 g/mol. The number of carbonyl (C=O) groups excluding carboxylic acids is 1. The van der Waals surface area contributed by atoms with Crippen molar-refractivity contribution in [3.05, 3.63) is 35.9 Å². The Morgan fingerprint density at radius 1 is 1.17 bits per heavy atom. The van der Waals surface area contributed by atoms with Crippen LogP contribution in [-0.2, 0) is 9.59 Å². The number of hydrogen-bond donors (Lipinski definition) is 2. The highest BCUT2D eigenvalue weighted by molar-refractivity contribution is 5.84. The quantitative estimate of drug-likeness (QED) is 0.805. The lowest BCUT2D eigenvalue weighted by Gasteiger charge is -2.22. The summed E-state index contributed by atoms with van der Waals surface area (Å²) in [5.41, 5.74) is 0.889. The average Bonchev–Trinajstić information content (AvgIpc) is 2.43. The molecule has 2 N–H and O–H groups in total. The van der Waals surface area contributed by atoms with Crippen LogP contribution in [0.25, 0.3) is 0 Å². The summed E-state index contributed by atoms with van der Waals surface area (Å²) in [7, 11) is 0. The lowest BCUT2D eigenvalue weighted by Crippen LogP contribution is -2.44. The van der Waals surface area contributed by atoms with Crippen molar-refractivity contribution in [3.63, 3.8) is 0 Å². The molecule has 2 atom stereocenters. The number of nitrogens with one attached hydrogen (secondary N) is 1. The Bertz CT molecular complexity index is 529. The van der Waals surface area contributed by atoms with Crippen LogP contribution in [0.1, 0.15) is 38.2 Å². The van der Waals surface area contributed by atoms with Gasteiger partial charge < -0.3 is 10.4 Å². The van der Waals surface area contributed by atoms with Crippen LogP contribution >= 0.6 is 0 Å². The van der Waals surface area contributed by atoms with Crippen molar-refractivity contribution in [1.82, 2.24) is 5.32 Å². The van der Waals surface area contributed by atoms with Gasteiger partial charge in [-0.1, -0.05) is 44.2 Å². The van der Waals surface area contributed by atoms with Crippen molar-refractivity contribution >= 4 is 11.9 Å². The van der Waals surface area contributed by atoms with Crippen LogP contribution in [0.5, 0.6) is 0 Å². The lowest BCUT2D eigenvalue weighted by molar-refractivity contribution is -0.160. The second-order valence-corrected chi connectivity index (χ2v) is 5.74. The fourth-order valence-corrected chi connectivity index (χ4v) is 2.32. The standard InChI is InChI=1S/C16H20F3NO3/c1-10(2)12(11-6-4-3-5-7-11)8-14(21)20-13(15(22)23)9-16(17,18)19/h3-7,10,12-13H,8-9H2,1-2H3,(H,20,21)(H,22,23). The zero-order chi connectivity index (χ0) is 17.6. The number of carboxylic acid groups (broad SMARTS) is 1. The molecule has 2 unspecified atom stereocenters. The maximum atomic E-state index is 12.4. The van der Waals surface area contributed by atoms with E-state index in [1.165, 1.54) is 0 Å². The summed E-state index contributed by atoms with van der Waals surface area (Å²) in [6, 6.07) is 7.15. The van der Waals surface area contributed by atoms with E-state index < -0.39 is 30.5 Å². The maximum absolute atomic E-state index is 12.4. The molecule has 0 aliphatic rings. The highest BCUT2D eigenvalue weighted by Crippen LogP contribution is 2.28. The summed E-state index contributed by atoms with van der Waals surface area (Å²) in [6.45, 7) is 3.80. The number of halogens is 3. The molecule has 0 spiro atoms. The summed E-state index contributed by atoms with van der Waals surface area (Å²) >= 11 is 0. The van der Waals surface area contributed by atoms with Crippen LogP contribution in [0.3, 0.4) is 0 Å². The van der Waals surface area contributed by atoms with Gasteiger partial charge in [-0.25, -0.2) is 4.79 Å². The van der Waals surface area contributed by atoms with E-state index >= 15 is 0 Å². The Morgan fingerprint density at radius 2 is 1.74 bits per heavy atom. The summed E-state index contributed by atoms with van der Waals surface area (Å²) in [5, 5.41) is 10.8. The molecule has 0 fully saturated rings. The van der Waals surface area contributed by atoms with Crippen LogP contribution < -0.4 is 5.32 Å². The SMILES string of the molecule is CC(C)C(CC(=O)NC(CC(F)(F)F)C(=O)O)c1ccccc1. The molecule has 4 nitrogen and oxygen atoms in total. The largest absolute Gasteiger partial charge is 0.480 e. The molecule has 23 heavy (non-hydrogen) atoms. The summed E-state index contributed by atoms with van der Waals surface area (Å²) in [5.74, 6) is -2.52. The van der Waals surface area contributed by atoms with Gasteiger partial charge in [-0.2, -0.15) is 13.2 Å². The van der Waals surface area contributed by atoms with Crippen molar-refractivity contribution in [2.75, 3.05) is 0 Å². The highest BCUT2D eigenvalue weighted by atomic mass is 19.4. The third kappa shape index (κ3) is 6.71. The molecule has 1 amide bonds. The van der Waals surface area contributed by atoms with Crippen molar-refractivity contribution in [1.29, 1.82) is 0 Å². The number of carbonyl (C=O) groups is 2. The molecule has 0 bridgehead atoms. The van der Waals surface area contributed by atoms with Gasteiger partial charge in [0.25, 0.3) is 0 Å². The zero-order valence-corrected chi connectivity index (χ0v) is 12.9. The van der Waals surface area contributed by atoms with E-state index in [4.69, 9.17) is 5.11 Å². The minimum absolute atomic E-state index is 0.0662. The van der Waals surface area contributed by atoms with Gasteiger partial charge in [0, 0.05) is 6.42 Å². The van der Waals surface area contributed by atoms with Crippen molar-refractivity contribution < 1.29 is 27.9 Å². The first-order valence-electron chi connectivity index (χ1n) is 7.24. The fraction of sp³-hybridized carbons (Fsp3) is 0.500. The van der Waals surface area contributed by atoms with Crippen molar-refractivity contribution in [2.45, 2.75) is 44.8 Å². The smallest absolute Gasteiger partial charge is 0.391 e. The Balaban J connectivity index is 2.77. The minimum Gasteiger partial charge on any atom is -0.480 e. The Morgan fingerprint density at radius 3 is 2.17 bits per heavy atom. The summed E-state index contributed by atoms with van der Waals surface area (Å²) in [4.78, 5) is 22.9. The summed E-state index contributed by atoms with van der Waals surface area (Å²) < 4.78 is 37.1. The van der Waals surface area contributed by atoms with Crippen molar-refractivity contribution in [3.8, 4) is 0 Å². The van der Waals surface area contributed by atoms with Crippen LogP contribution in [0.4, 0.5) is 13.2 Å². The van der Waals surface area contributed by atoms with Gasteiger partial charge in [0.05, 0.1) is 6.42 Å². The van der Waals surface area contributed by atoms with E-state index in [0.717, 1.165) is 5.56 Å². The molecule has 0 saturated carbocycles. The Kier molecular flexibility index (Phi) is 6.60. The molecule has 128 valence electrons. The predicted octanol–water partition coefficient (Wildman–Crippen LogP) is 3.34. The number of alkyl halides is 3. The molecule has 1 aromatic rings. The van der Waals surface area contributed by atoms with Gasteiger partial charge in [-0.3, -0.25) is 4.79 Å². The van der Waals surface area contributed by atoms with E-state index in [1.54, 1.807) is 0 Å². The van der Waals surface area contributed by atoms with Gasteiger partial charge >= 0.3 is 12.1 Å². The molecule has 0 saturated heterocycles. The molecule has 0 aliphatic heterocycles. The van der Waals surface area contributed by atoms with E-state index in [9.17, 15) is 22.8 Å². The Labute approximate surface area is 132 Å². The number of carboxylic acids is 1. The number of amides is 1. The van der Waals surface area contributed by atoms with Crippen LogP contribution in [0.15, 0.2) is 30.3 Å². The monoisotopic (exact) mass is 331 g/mol. The van der Waals surface area contributed by atoms with E-state index in [0.29, 0.717) is 0 Å². The maximum Gasteiger partial charge on any atom is 0.391 e. The first kappa shape index (κ1) is 19.0. The second-order valence-electron chi connectivity index (χ2n) is 5.74. The van der Waals surface area contributed by atoms with Crippen LogP contribution in [0.2, 0.25) is 0 Å². The van der Waals surface area contributed by atoms with E-state index in [2.05, 4.69) is 0 Å². The molecular weight excluding hydrogens is 311 g/mol. The zero-order valence-electron chi connectivity index (χ0n) is 12.9. The number of aliphatic carboxylic acids is 1. The predicted molar refractivity (Wildman–Crippen MR) is 78.9 cm³/mol. The van der Waals surface area contributed by atoms with Gasteiger partial charge in [-0.15, -0.1) is 0 Å². The number of benzene rings is 1. The van der Waals surface area contributed by atoms with E-state index in [-0.39, 0.29) is 18.3 Å². The van der Waals surface area contributed by atoms with Gasteiger partial charge in [-0.05, 0) is 17.4 Å². The normalized spacial score (nSPS) is 14.3. The van der Waals surface area contributed by atoms with Gasteiger partial charge in [0.2, 0.25) is 5.91 Å². The molecule has 0 radical (unpaired) electrons. The molecular formula is C16H20F3NO3.